The molecule has 0 amide bonds. The zero-order valence-electron chi connectivity index (χ0n) is 22.3. The summed E-state index contributed by atoms with van der Waals surface area (Å²) in [4.78, 5) is 33.2. The second kappa shape index (κ2) is 9.32. The lowest BCUT2D eigenvalue weighted by atomic mass is 9.95. The first-order valence-corrected chi connectivity index (χ1v) is 16.6. The third-order valence-corrected chi connectivity index (χ3v) is 18.1. The van der Waals surface area contributed by atoms with Crippen LogP contribution >= 0.6 is 0 Å². The van der Waals surface area contributed by atoms with Gasteiger partial charge in [0.1, 0.15) is 11.7 Å². The molecule has 0 radical (unpaired) electrons. The Morgan fingerprint density at radius 3 is 2.17 bits per heavy atom. The summed E-state index contributed by atoms with van der Waals surface area (Å²) in [7, 11) is -5.66. The fourth-order valence-electron chi connectivity index (χ4n) is 5.82. The van der Waals surface area contributed by atoms with Crippen molar-refractivity contribution in [2.24, 2.45) is 0 Å². The van der Waals surface area contributed by atoms with Crippen molar-refractivity contribution in [2.75, 3.05) is 13.2 Å². The van der Waals surface area contributed by atoms with Crippen molar-refractivity contribution in [3.63, 3.8) is 0 Å². The van der Waals surface area contributed by atoms with Gasteiger partial charge in [-0.25, -0.2) is 4.79 Å². The number of hydrogen-bond acceptors (Lipinski definition) is 8. The smallest absolute Gasteiger partial charge is 0.335 e. The molecule has 3 aliphatic heterocycles. The molecule has 12 heteroatoms. The van der Waals surface area contributed by atoms with E-state index in [1.807, 2.05) is 0 Å². The van der Waals surface area contributed by atoms with Crippen molar-refractivity contribution < 1.29 is 22.5 Å². The van der Waals surface area contributed by atoms with Crippen LogP contribution in [-0.4, -0.2) is 57.6 Å². The number of rotatable bonds is 5. The molecule has 3 fully saturated rings. The van der Waals surface area contributed by atoms with Crippen LogP contribution in [-0.2, 0) is 22.5 Å². The first-order chi connectivity index (χ1) is 16.3. The molecule has 2 bridgehead atoms. The van der Waals surface area contributed by atoms with E-state index in [1.165, 1.54) is 10.8 Å². The molecular weight excluding hydrogens is 486 g/mol. The molecule has 4 heterocycles. The SMILES string of the molecule is Cc1cn([C@@H]2O[C@@]34CNOC2C3O[Si](C(C)C)(C(C)C)O[Si](C(C)C)(C(C)C)OC4)c(=O)[nH]c1=O. The van der Waals surface area contributed by atoms with Crippen molar-refractivity contribution in [1.82, 2.24) is 15.0 Å². The Morgan fingerprint density at radius 1 is 1.00 bits per heavy atom. The van der Waals surface area contributed by atoms with Crippen LogP contribution in [0.15, 0.2) is 15.8 Å². The van der Waals surface area contributed by atoms with Gasteiger partial charge in [0.05, 0.1) is 13.2 Å². The summed E-state index contributed by atoms with van der Waals surface area (Å²) >= 11 is 0. The summed E-state index contributed by atoms with van der Waals surface area (Å²) in [6.07, 6.45) is -0.402. The van der Waals surface area contributed by atoms with E-state index >= 15 is 0 Å². The minimum atomic E-state index is -2.90. The number of nitrogens with zero attached hydrogens (tertiary/aromatic N) is 1. The van der Waals surface area contributed by atoms with Crippen LogP contribution in [0.4, 0.5) is 0 Å². The fraction of sp³-hybridized carbons (Fsp3) is 0.826. The normalized spacial score (nSPS) is 32.2. The molecule has 0 spiro atoms. The first kappa shape index (κ1) is 26.9. The van der Waals surface area contributed by atoms with E-state index in [-0.39, 0.29) is 28.8 Å². The highest BCUT2D eigenvalue weighted by molar-refractivity contribution is 6.84. The maximum Gasteiger partial charge on any atom is 0.335 e. The summed E-state index contributed by atoms with van der Waals surface area (Å²) in [5.41, 5.74) is 2.30. The summed E-state index contributed by atoms with van der Waals surface area (Å²) in [6, 6.07) is 0. The molecule has 1 aromatic rings. The van der Waals surface area contributed by atoms with Crippen molar-refractivity contribution in [3.05, 3.63) is 32.6 Å². The standard InChI is InChI=1S/C23H41N3O7Si2/c1-13(2)34(14(3)4)29-12-23-11-24-31-18(19(23)32-35(33-34,15(5)6)16(7)8)21(30-23)26-10-17(9)20(27)25-22(26)28/h10,13-16,18-19,21,24H,11-12H2,1-9H3,(H,25,27,28)/t18?,19?,21-,23-/m1/s1. The van der Waals surface area contributed by atoms with Gasteiger partial charge in [0, 0.05) is 11.8 Å². The fourth-order valence-corrected chi connectivity index (χ4v) is 17.1. The summed E-state index contributed by atoms with van der Waals surface area (Å²) in [6.45, 7) is 19.6. The number of nitrogens with one attached hydrogen (secondary N) is 2. The topological polar surface area (TPSA) is 113 Å². The van der Waals surface area contributed by atoms with Crippen LogP contribution in [0, 0.1) is 6.92 Å². The molecule has 0 aromatic carbocycles. The molecule has 0 saturated carbocycles. The molecule has 2 unspecified atom stereocenters. The summed E-state index contributed by atoms with van der Waals surface area (Å²) < 4.78 is 29.4. The van der Waals surface area contributed by atoms with E-state index in [0.717, 1.165) is 0 Å². The van der Waals surface area contributed by atoms with Gasteiger partial charge < -0.3 is 17.7 Å². The Balaban J connectivity index is 1.87. The number of aromatic amines is 1. The van der Waals surface area contributed by atoms with E-state index in [9.17, 15) is 9.59 Å². The van der Waals surface area contributed by atoms with Crippen LogP contribution in [0.5, 0.6) is 0 Å². The lowest BCUT2D eigenvalue weighted by Gasteiger charge is -2.54. The zero-order chi connectivity index (χ0) is 25.9. The van der Waals surface area contributed by atoms with Gasteiger partial charge >= 0.3 is 22.8 Å². The molecule has 3 aliphatic rings. The van der Waals surface area contributed by atoms with Crippen LogP contribution in [0.1, 0.15) is 67.2 Å². The molecule has 4 rings (SSSR count). The Hall–Kier alpha value is -1.13. The molecule has 4 atom stereocenters. The highest BCUT2D eigenvalue weighted by Gasteiger charge is 2.68. The van der Waals surface area contributed by atoms with Gasteiger partial charge in [0.2, 0.25) is 0 Å². The third kappa shape index (κ3) is 4.15. The van der Waals surface area contributed by atoms with Crippen molar-refractivity contribution in [2.45, 2.75) is 109 Å². The van der Waals surface area contributed by atoms with Gasteiger partial charge in [-0.15, -0.1) is 0 Å². The molecule has 198 valence electrons. The second-order valence-corrected chi connectivity index (χ2v) is 20.3. The second-order valence-electron chi connectivity index (χ2n) is 11.4. The molecule has 0 aliphatic carbocycles. The predicted octanol–water partition coefficient (Wildman–Crippen LogP) is 2.97. The highest BCUT2D eigenvalue weighted by Crippen LogP contribution is 2.52. The van der Waals surface area contributed by atoms with Crippen molar-refractivity contribution in [3.8, 4) is 0 Å². The van der Waals surface area contributed by atoms with Gasteiger partial charge in [-0.1, -0.05) is 55.4 Å². The number of aromatic nitrogens is 2. The number of aryl methyl sites for hydroxylation is 1. The third-order valence-electron chi connectivity index (χ3n) is 7.86. The first-order valence-electron chi connectivity index (χ1n) is 12.7. The average molecular weight is 528 g/mol. The van der Waals surface area contributed by atoms with Crippen LogP contribution in [0.3, 0.4) is 0 Å². The molecule has 1 aromatic heterocycles. The molecular formula is C23H41N3O7Si2. The van der Waals surface area contributed by atoms with Gasteiger partial charge in [0.15, 0.2) is 12.3 Å². The van der Waals surface area contributed by atoms with Crippen LogP contribution < -0.4 is 16.7 Å². The van der Waals surface area contributed by atoms with E-state index in [2.05, 4.69) is 65.9 Å². The minimum absolute atomic E-state index is 0.149. The lowest BCUT2D eigenvalue weighted by molar-refractivity contribution is -0.164. The van der Waals surface area contributed by atoms with Crippen molar-refractivity contribution >= 4 is 17.1 Å². The zero-order valence-corrected chi connectivity index (χ0v) is 24.3. The van der Waals surface area contributed by atoms with E-state index in [1.54, 1.807) is 6.92 Å². The quantitative estimate of drug-likeness (QED) is 0.562. The van der Waals surface area contributed by atoms with Gasteiger partial charge in [-0.3, -0.25) is 19.2 Å². The Labute approximate surface area is 209 Å². The molecule has 10 nitrogen and oxygen atoms in total. The monoisotopic (exact) mass is 527 g/mol. The number of hydrogen-bond donors (Lipinski definition) is 2. The van der Waals surface area contributed by atoms with Crippen LogP contribution in [0.2, 0.25) is 22.2 Å². The van der Waals surface area contributed by atoms with E-state index < -0.39 is 52.4 Å². The lowest BCUT2D eigenvalue weighted by Crippen LogP contribution is -2.71. The summed E-state index contributed by atoms with van der Waals surface area (Å²) in [5, 5.41) is 0. The minimum Gasteiger partial charge on any atom is -0.414 e. The van der Waals surface area contributed by atoms with Gasteiger partial charge in [0.25, 0.3) is 5.56 Å². The maximum absolute atomic E-state index is 12.8. The molecule has 35 heavy (non-hydrogen) atoms. The van der Waals surface area contributed by atoms with Crippen molar-refractivity contribution in [1.29, 1.82) is 0 Å². The number of ether oxygens (including phenoxy) is 1. The largest absolute Gasteiger partial charge is 0.414 e. The van der Waals surface area contributed by atoms with Crippen LogP contribution in [0.25, 0.3) is 0 Å². The average Bonchev–Trinajstić information content (AvgIpc) is 2.90. The Morgan fingerprint density at radius 2 is 1.60 bits per heavy atom. The molecule has 2 N–H and O–H groups in total. The Kier molecular flexibility index (Phi) is 7.17. The highest BCUT2D eigenvalue weighted by atomic mass is 28.5. The van der Waals surface area contributed by atoms with E-state index in [4.69, 9.17) is 22.5 Å². The summed E-state index contributed by atoms with van der Waals surface area (Å²) in [5.74, 6) is 0. The molecule has 3 saturated heterocycles. The van der Waals surface area contributed by atoms with E-state index in [0.29, 0.717) is 12.1 Å². The van der Waals surface area contributed by atoms with Gasteiger partial charge in [-0.05, 0) is 29.1 Å². The predicted molar refractivity (Wildman–Crippen MR) is 136 cm³/mol. The maximum atomic E-state index is 12.8. The number of hydroxylamine groups is 1. The number of H-pyrrole nitrogens is 1. The van der Waals surface area contributed by atoms with Gasteiger partial charge in [-0.2, -0.15) is 5.48 Å². The Bertz CT molecular complexity index is 1040.